The van der Waals surface area contributed by atoms with Crippen molar-refractivity contribution in [3.63, 3.8) is 0 Å². The summed E-state index contributed by atoms with van der Waals surface area (Å²) < 4.78 is 7.20. The highest BCUT2D eigenvalue weighted by molar-refractivity contribution is 5.81. The minimum atomic E-state index is -0.621. The molecule has 2 rings (SSSR count). The minimum Gasteiger partial charge on any atom is -0.465 e. The lowest BCUT2D eigenvalue weighted by Gasteiger charge is -2.32. The molecule has 1 saturated carbocycles. The van der Waals surface area contributed by atoms with Crippen LogP contribution in [0.4, 0.5) is 0 Å². The Bertz CT molecular complexity index is 454. The van der Waals surface area contributed by atoms with Gasteiger partial charge in [-0.2, -0.15) is 5.10 Å². The number of aromatic nitrogens is 2. The summed E-state index contributed by atoms with van der Waals surface area (Å²) >= 11 is 0. The molecule has 1 heterocycles. The average Bonchev–Trinajstić information content (AvgIpc) is 3.19. The summed E-state index contributed by atoms with van der Waals surface area (Å²) in [5.41, 5.74) is 0.346. The topological polar surface area (TPSA) is 56.2 Å². The van der Waals surface area contributed by atoms with E-state index in [4.69, 9.17) is 4.74 Å². The Labute approximate surface area is 120 Å². The predicted octanol–water partition coefficient (Wildman–Crippen LogP) is 1.90. The summed E-state index contributed by atoms with van der Waals surface area (Å²) in [7, 11) is 0. The normalized spacial score (nSPS) is 17.8. The predicted molar refractivity (Wildman–Crippen MR) is 77.3 cm³/mol. The first-order valence-corrected chi connectivity index (χ1v) is 7.54. The van der Waals surface area contributed by atoms with E-state index in [1.807, 2.05) is 30.8 Å². The molecule has 0 aromatic carbocycles. The van der Waals surface area contributed by atoms with Crippen molar-refractivity contribution in [1.29, 1.82) is 0 Å². The molecule has 5 nitrogen and oxygen atoms in total. The standard InChI is InChI=1S/C15H25N3O2/c1-4-9-16-15(13-6-7-13,14(19)20-5-2)11-18-10-8-12(3)17-18/h8,10,13,16H,4-7,9,11H2,1-3H3. The second-order valence-corrected chi connectivity index (χ2v) is 5.55. The molecule has 1 fully saturated rings. The van der Waals surface area contributed by atoms with Gasteiger partial charge < -0.3 is 10.1 Å². The van der Waals surface area contributed by atoms with Crippen molar-refractivity contribution in [1.82, 2.24) is 15.1 Å². The maximum Gasteiger partial charge on any atom is 0.328 e. The molecule has 0 amide bonds. The third-order valence-electron chi connectivity index (χ3n) is 3.79. The van der Waals surface area contributed by atoms with Gasteiger partial charge in [0.05, 0.1) is 18.8 Å². The third-order valence-corrected chi connectivity index (χ3v) is 3.79. The number of aryl methyl sites for hydroxylation is 1. The number of carbonyl (C=O) groups excluding carboxylic acids is 1. The van der Waals surface area contributed by atoms with Crippen molar-refractivity contribution >= 4 is 5.97 Å². The second kappa shape index (κ2) is 6.39. The molecular formula is C15H25N3O2. The first kappa shape index (κ1) is 15.0. The lowest BCUT2D eigenvalue weighted by molar-refractivity contribution is -0.153. The number of nitrogens with zero attached hydrogens (tertiary/aromatic N) is 2. The van der Waals surface area contributed by atoms with Gasteiger partial charge in [-0.1, -0.05) is 6.92 Å². The molecule has 0 aliphatic heterocycles. The molecule has 0 spiro atoms. The van der Waals surface area contributed by atoms with Gasteiger partial charge >= 0.3 is 5.97 Å². The molecule has 1 aromatic rings. The quantitative estimate of drug-likeness (QED) is 0.738. The second-order valence-electron chi connectivity index (χ2n) is 5.55. The zero-order valence-corrected chi connectivity index (χ0v) is 12.7. The lowest BCUT2D eigenvalue weighted by atomic mass is 9.92. The Balaban J connectivity index is 2.22. The van der Waals surface area contributed by atoms with Crippen LogP contribution >= 0.6 is 0 Å². The number of hydrogen-bond donors (Lipinski definition) is 1. The van der Waals surface area contributed by atoms with Crippen LogP contribution in [0.2, 0.25) is 0 Å². The van der Waals surface area contributed by atoms with Crippen LogP contribution < -0.4 is 5.32 Å². The van der Waals surface area contributed by atoms with Crippen molar-refractivity contribution in [2.45, 2.75) is 52.1 Å². The van der Waals surface area contributed by atoms with Crippen LogP contribution in [0.15, 0.2) is 12.3 Å². The Hall–Kier alpha value is -1.36. The zero-order chi connectivity index (χ0) is 14.6. The number of ether oxygens (including phenoxy) is 1. The van der Waals surface area contributed by atoms with Crippen molar-refractivity contribution in [2.75, 3.05) is 13.2 Å². The lowest BCUT2D eigenvalue weighted by Crippen LogP contribution is -2.58. The number of hydrogen-bond acceptors (Lipinski definition) is 4. The monoisotopic (exact) mass is 279 g/mol. The van der Waals surface area contributed by atoms with E-state index in [9.17, 15) is 4.79 Å². The SMILES string of the molecule is CCCNC(Cn1ccc(C)n1)(C(=O)OCC)C1CC1. The minimum absolute atomic E-state index is 0.135. The summed E-state index contributed by atoms with van der Waals surface area (Å²) in [5, 5.41) is 7.88. The molecule has 112 valence electrons. The fraction of sp³-hybridized carbons (Fsp3) is 0.733. The van der Waals surface area contributed by atoms with Gasteiger partial charge in [0.25, 0.3) is 0 Å². The summed E-state index contributed by atoms with van der Waals surface area (Å²) in [5.74, 6) is 0.224. The summed E-state index contributed by atoms with van der Waals surface area (Å²) in [4.78, 5) is 12.5. The highest BCUT2D eigenvalue weighted by atomic mass is 16.5. The maximum atomic E-state index is 12.5. The van der Waals surface area contributed by atoms with Crippen molar-refractivity contribution in [2.24, 2.45) is 5.92 Å². The first-order chi connectivity index (χ1) is 9.62. The Morgan fingerprint density at radius 2 is 2.30 bits per heavy atom. The number of rotatable bonds is 8. The Morgan fingerprint density at radius 1 is 1.55 bits per heavy atom. The Kier molecular flexibility index (Phi) is 4.81. The van der Waals surface area contributed by atoms with Gasteiger partial charge in [0.1, 0.15) is 5.54 Å². The van der Waals surface area contributed by atoms with Crippen LogP contribution in [0.25, 0.3) is 0 Å². The van der Waals surface area contributed by atoms with E-state index in [0.717, 1.165) is 31.5 Å². The fourth-order valence-corrected chi connectivity index (χ4v) is 2.62. The van der Waals surface area contributed by atoms with E-state index in [0.29, 0.717) is 19.1 Å². The highest BCUT2D eigenvalue weighted by Crippen LogP contribution is 2.41. The molecule has 1 N–H and O–H groups in total. The van der Waals surface area contributed by atoms with E-state index in [1.54, 1.807) is 0 Å². The molecule has 1 aliphatic carbocycles. The number of esters is 1. The van der Waals surface area contributed by atoms with E-state index < -0.39 is 5.54 Å². The molecule has 0 saturated heterocycles. The molecule has 1 unspecified atom stereocenters. The maximum absolute atomic E-state index is 12.5. The van der Waals surface area contributed by atoms with Gasteiger partial charge in [-0.05, 0) is 51.6 Å². The van der Waals surface area contributed by atoms with Gasteiger partial charge in [-0.3, -0.25) is 4.68 Å². The van der Waals surface area contributed by atoms with E-state index in [2.05, 4.69) is 17.3 Å². The van der Waals surface area contributed by atoms with E-state index in [-0.39, 0.29) is 5.97 Å². The first-order valence-electron chi connectivity index (χ1n) is 7.54. The molecule has 1 atom stereocenters. The third kappa shape index (κ3) is 3.20. The molecular weight excluding hydrogens is 254 g/mol. The molecule has 0 radical (unpaired) electrons. The van der Waals surface area contributed by atoms with Crippen LogP contribution in [0.5, 0.6) is 0 Å². The van der Waals surface area contributed by atoms with Gasteiger partial charge in [-0.15, -0.1) is 0 Å². The summed E-state index contributed by atoms with van der Waals surface area (Å²) in [6, 6.07) is 1.96. The number of nitrogens with one attached hydrogen (secondary N) is 1. The van der Waals surface area contributed by atoms with E-state index >= 15 is 0 Å². The van der Waals surface area contributed by atoms with Crippen LogP contribution in [-0.4, -0.2) is 34.4 Å². The summed E-state index contributed by atoms with van der Waals surface area (Å²) in [6.07, 6.45) is 5.08. The average molecular weight is 279 g/mol. The van der Waals surface area contributed by atoms with Gasteiger partial charge in [0, 0.05) is 6.20 Å². The van der Waals surface area contributed by atoms with Crippen LogP contribution in [0.1, 0.15) is 38.8 Å². The molecule has 20 heavy (non-hydrogen) atoms. The largest absolute Gasteiger partial charge is 0.465 e. The van der Waals surface area contributed by atoms with Gasteiger partial charge in [-0.25, -0.2) is 4.79 Å². The van der Waals surface area contributed by atoms with Crippen molar-refractivity contribution in [3.8, 4) is 0 Å². The van der Waals surface area contributed by atoms with Crippen LogP contribution in [0.3, 0.4) is 0 Å². The molecule has 0 bridgehead atoms. The van der Waals surface area contributed by atoms with E-state index in [1.165, 1.54) is 0 Å². The van der Waals surface area contributed by atoms with Gasteiger partial charge in [0.2, 0.25) is 0 Å². The van der Waals surface area contributed by atoms with Crippen LogP contribution in [-0.2, 0) is 16.1 Å². The van der Waals surface area contributed by atoms with Crippen LogP contribution in [0, 0.1) is 12.8 Å². The fourth-order valence-electron chi connectivity index (χ4n) is 2.62. The molecule has 5 heteroatoms. The summed E-state index contributed by atoms with van der Waals surface area (Å²) in [6.45, 7) is 7.69. The molecule has 1 aromatic heterocycles. The van der Waals surface area contributed by atoms with Gasteiger partial charge in [0.15, 0.2) is 0 Å². The highest BCUT2D eigenvalue weighted by Gasteiger charge is 2.52. The van der Waals surface area contributed by atoms with Crippen molar-refractivity contribution in [3.05, 3.63) is 18.0 Å². The smallest absolute Gasteiger partial charge is 0.328 e. The molecule has 1 aliphatic rings. The Morgan fingerprint density at radius 3 is 2.80 bits per heavy atom. The van der Waals surface area contributed by atoms with Crippen molar-refractivity contribution < 1.29 is 9.53 Å². The zero-order valence-electron chi connectivity index (χ0n) is 12.7. The number of carbonyl (C=O) groups is 1.